The van der Waals surface area contributed by atoms with Gasteiger partial charge in [-0.15, -0.1) is 0 Å². The van der Waals surface area contributed by atoms with E-state index in [1.807, 2.05) is 13.0 Å². The fraction of sp³-hybridized carbons (Fsp3) is 0.231. The summed E-state index contributed by atoms with van der Waals surface area (Å²) in [5.41, 5.74) is 6.59. The van der Waals surface area contributed by atoms with Gasteiger partial charge in [0.05, 0.1) is 11.3 Å². The van der Waals surface area contributed by atoms with Gasteiger partial charge >= 0.3 is 0 Å². The van der Waals surface area contributed by atoms with Gasteiger partial charge < -0.3 is 11.1 Å². The number of allylic oxidation sites excluding steroid dienone is 1. The van der Waals surface area contributed by atoms with E-state index in [2.05, 4.69) is 5.32 Å². The molecule has 0 aliphatic heterocycles. The molecule has 0 radical (unpaired) electrons. The van der Waals surface area contributed by atoms with Crippen molar-refractivity contribution >= 4 is 17.5 Å². The van der Waals surface area contributed by atoms with Crippen molar-refractivity contribution in [2.45, 2.75) is 20.3 Å². The molecule has 17 heavy (non-hydrogen) atoms. The van der Waals surface area contributed by atoms with E-state index in [0.717, 1.165) is 6.42 Å². The van der Waals surface area contributed by atoms with Gasteiger partial charge in [0.15, 0.2) is 0 Å². The molecule has 0 aromatic heterocycles. The first-order valence-corrected chi connectivity index (χ1v) is 5.43. The van der Waals surface area contributed by atoms with Gasteiger partial charge in [0.2, 0.25) is 0 Å². The summed E-state index contributed by atoms with van der Waals surface area (Å²) in [5, 5.41) is 2.67. The van der Waals surface area contributed by atoms with Crippen molar-refractivity contribution in [3.63, 3.8) is 0 Å². The highest BCUT2D eigenvalue weighted by atomic mass is 16.2. The van der Waals surface area contributed by atoms with Gasteiger partial charge in [-0.25, -0.2) is 0 Å². The third-order valence-electron chi connectivity index (χ3n) is 2.31. The van der Waals surface area contributed by atoms with Crippen molar-refractivity contribution in [3.05, 3.63) is 41.5 Å². The Morgan fingerprint density at radius 3 is 2.59 bits per heavy atom. The molecular formula is C13H16N2O2. The molecule has 1 aromatic rings. The molecule has 0 saturated heterocycles. The second kappa shape index (κ2) is 5.84. The summed E-state index contributed by atoms with van der Waals surface area (Å²) in [6, 6.07) is 6.67. The van der Waals surface area contributed by atoms with Crippen LogP contribution in [0, 0.1) is 0 Å². The first kappa shape index (κ1) is 13.0. The Hall–Kier alpha value is -2.10. The maximum atomic E-state index is 11.7. The number of para-hydroxylation sites is 1. The quantitative estimate of drug-likeness (QED) is 0.780. The highest BCUT2D eigenvalue weighted by molar-refractivity contribution is 6.08. The number of carbonyl (C=O) groups is 2. The van der Waals surface area contributed by atoms with Gasteiger partial charge in [-0.3, -0.25) is 9.59 Å². The Bertz CT molecular complexity index is 464. The predicted octanol–water partition coefficient (Wildman–Crippen LogP) is 2.08. The number of nitrogens with one attached hydrogen (secondary N) is 1. The molecule has 4 nitrogen and oxygen atoms in total. The van der Waals surface area contributed by atoms with Gasteiger partial charge in [0.1, 0.15) is 0 Å². The molecular weight excluding hydrogens is 216 g/mol. The fourth-order valence-electron chi connectivity index (χ4n) is 1.43. The molecule has 0 unspecified atom stereocenters. The standard InChI is InChI=1S/C13H16N2O2/c1-3-6-9(2)13(17)15-11-8-5-4-7-10(11)12(14)16/h4-8H,3H2,1-2H3,(H2,14,16)(H,15,17)/b9-6-. The number of benzene rings is 1. The van der Waals surface area contributed by atoms with Crippen LogP contribution < -0.4 is 11.1 Å². The highest BCUT2D eigenvalue weighted by Gasteiger charge is 2.10. The van der Waals surface area contributed by atoms with Crippen LogP contribution in [0.1, 0.15) is 30.6 Å². The van der Waals surface area contributed by atoms with E-state index < -0.39 is 5.91 Å². The van der Waals surface area contributed by atoms with Crippen molar-refractivity contribution in [1.82, 2.24) is 0 Å². The molecule has 0 heterocycles. The zero-order valence-corrected chi connectivity index (χ0v) is 9.99. The van der Waals surface area contributed by atoms with Crippen LogP contribution in [-0.4, -0.2) is 11.8 Å². The molecule has 0 bridgehead atoms. The first-order chi connectivity index (χ1) is 8.06. The molecule has 4 heteroatoms. The summed E-state index contributed by atoms with van der Waals surface area (Å²) in [6.45, 7) is 3.68. The lowest BCUT2D eigenvalue weighted by molar-refractivity contribution is -0.112. The van der Waals surface area contributed by atoms with E-state index in [-0.39, 0.29) is 5.91 Å². The molecule has 0 atom stereocenters. The van der Waals surface area contributed by atoms with E-state index in [4.69, 9.17) is 5.73 Å². The van der Waals surface area contributed by atoms with E-state index in [1.54, 1.807) is 31.2 Å². The van der Waals surface area contributed by atoms with Crippen LogP contribution >= 0.6 is 0 Å². The van der Waals surface area contributed by atoms with Gasteiger partial charge in [-0.2, -0.15) is 0 Å². The molecule has 2 amide bonds. The number of anilines is 1. The van der Waals surface area contributed by atoms with E-state index in [1.165, 1.54) is 0 Å². The number of hydrogen-bond donors (Lipinski definition) is 2. The SMILES string of the molecule is CC/C=C(/C)C(=O)Nc1ccccc1C(N)=O. The Balaban J connectivity index is 2.92. The van der Waals surface area contributed by atoms with Gasteiger partial charge in [0, 0.05) is 5.57 Å². The van der Waals surface area contributed by atoms with E-state index in [9.17, 15) is 9.59 Å². The van der Waals surface area contributed by atoms with E-state index >= 15 is 0 Å². The predicted molar refractivity (Wildman–Crippen MR) is 67.6 cm³/mol. The molecule has 0 aliphatic carbocycles. The summed E-state index contributed by atoms with van der Waals surface area (Å²) in [6.07, 6.45) is 2.61. The average Bonchev–Trinajstić information content (AvgIpc) is 2.29. The molecule has 0 aliphatic rings. The number of carbonyl (C=O) groups excluding carboxylic acids is 2. The molecule has 0 fully saturated rings. The normalized spacial score (nSPS) is 11.1. The average molecular weight is 232 g/mol. The summed E-state index contributed by atoms with van der Waals surface area (Å²) in [5.74, 6) is -0.779. The minimum Gasteiger partial charge on any atom is -0.366 e. The Labute approximate surface area is 101 Å². The van der Waals surface area contributed by atoms with Crippen molar-refractivity contribution in [2.75, 3.05) is 5.32 Å². The van der Waals surface area contributed by atoms with Crippen LogP contribution in [0.15, 0.2) is 35.9 Å². The molecule has 0 saturated carbocycles. The number of rotatable bonds is 4. The third kappa shape index (κ3) is 3.45. The number of hydrogen-bond acceptors (Lipinski definition) is 2. The summed E-state index contributed by atoms with van der Waals surface area (Å²) in [7, 11) is 0. The lowest BCUT2D eigenvalue weighted by atomic mass is 10.1. The summed E-state index contributed by atoms with van der Waals surface area (Å²) < 4.78 is 0. The molecule has 1 rings (SSSR count). The lowest BCUT2D eigenvalue weighted by Crippen LogP contribution is -2.18. The van der Waals surface area contributed by atoms with Gasteiger partial charge in [-0.05, 0) is 25.5 Å². The maximum absolute atomic E-state index is 11.7. The van der Waals surface area contributed by atoms with Crippen LogP contribution in [0.4, 0.5) is 5.69 Å². The first-order valence-electron chi connectivity index (χ1n) is 5.43. The van der Waals surface area contributed by atoms with Gasteiger partial charge in [0.25, 0.3) is 11.8 Å². The Morgan fingerprint density at radius 1 is 1.35 bits per heavy atom. The van der Waals surface area contributed by atoms with Gasteiger partial charge in [-0.1, -0.05) is 25.1 Å². The number of primary amides is 1. The zero-order valence-electron chi connectivity index (χ0n) is 9.99. The van der Waals surface area contributed by atoms with Crippen molar-refractivity contribution in [2.24, 2.45) is 5.73 Å². The van der Waals surface area contributed by atoms with E-state index in [0.29, 0.717) is 16.8 Å². The Kier molecular flexibility index (Phi) is 4.46. The maximum Gasteiger partial charge on any atom is 0.250 e. The van der Waals surface area contributed by atoms with Crippen LogP contribution in [-0.2, 0) is 4.79 Å². The monoisotopic (exact) mass is 232 g/mol. The fourth-order valence-corrected chi connectivity index (χ4v) is 1.43. The second-order valence-corrected chi connectivity index (χ2v) is 3.66. The Morgan fingerprint density at radius 2 is 2.00 bits per heavy atom. The molecule has 0 spiro atoms. The van der Waals surface area contributed by atoms with Crippen molar-refractivity contribution < 1.29 is 9.59 Å². The van der Waals surface area contributed by atoms with Crippen LogP contribution in [0.2, 0.25) is 0 Å². The molecule has 3 N–H and O–H groups in total. The van der Waals surface area contributed by atoms with Crippen molar-refractivity contribution in [1.29, 1.82) is 0 Å². The number of nitrogens with two attached hydrogens (primary N) is 1. The summed E-state index contributed by atoms with van der Waals surface area (Å²) in [4.78, 5) is 22.9. The largest absolute Gasteiger partial charge is 0.366 e. The third-order valence-corrected chi connectivity index (χ3v) is 2.31. The number of amides is 2. The molecule has 90 valence electrons. The second-order valence-electron chi connectivity index (χ2n) is 3.66. The van der Waals surface area contributed by atoms with Crippen LogP contribution in [0.25, 0.3) is 0 Å². The topological polar surface area (TPSA) is 72.2 Å². The highest BCUT2D eigenvalue weighted by Crippen LogP contribution is 2.15. The zero-order chi connectivity index (χ0) is 12.8. The molecule has 1 aromatic carbocycles. The van der Waals surface area contributed by atoms with Crippen LogP contribution in [0.5, 0.6) is 0 Å². The van der Waals surface area contributed by atoms with Crippen LogP contribution in [0.3, 0.4) is 0 Å². The minimum atomic E-state index is -0.557. The minimum absolute atomic E-state index is 0.222. The smallest absolute Gasteiger partial charge is 0.250 e. The lowest BCUT2D eigenvalue weighted by Gasteiger charge is -2.08. The summed E-state index contributed by atoms with van der Waals surface area (Å²) >= 11 is 0. The van der Waals surface area contributed by atoms with Crippen molar-refractivity contribution in [3.8, 4) is 0 Å².